The fourth-order valence-corrected chi connectivity index (χ4v) is 15.8. The van der Waals surface area contributed by atoms with Crippen molar-refractivity contribution < 1.29 is 0 Å². The molecule has 0 radical (unpaired) electrons. The van der Waals surface area contributed by atoms with Crippen LogP contribution in [0, 0.1) is 0 Å². The van der Waals surface area contributed by atoms with Gasteiger partial charge in [-0.25, -0.2) is 0 Å². The first-order valence-corrected chi connectivity index (χ1v) is 35.6. The maximum atomic E-state index is 6.12. The molecule has 0 spiro atoms. The molecule has 5 nitrogen and oxygen atoms in total. The number of benzene rings is 16. The van der Waals surface area contributed by atoms with E-state index in [4.69, 9.17) is 23.2 Å². The Balaban J connectivity index is 0.000000132. The SMILES string of the molecule is Clc1ccc(-c2ccc3c(c2)c2cc(-c4ccc(Cl)cc4)ccc2n3-c2ccccc2)cc1.c1ccc(-n2c3ccc(-c4ccc(-n5c6ccccc6c6ccccc65)cc4)cc3c3cc(-c4ccc(-n5c6ccccc6c6ccccc65)cc4)ccc32)cc1.c1ccc2c(c1)[nH]c1ccccc12. The number of H-pyrrole nitrogens is 1. The molecule has 0 saturated carbocycles. The molecule has 1 N–H and O–H groups in total. The molecule has 0 bridgehead atoms. The van der Waals surface area contributed by atoms with Gasteiger partial charge in [0.2, 0.25) is 0 Å². The van der Waals surface area contributed by atoms with Crippen molar-refractivity contribution in [3.05, 3.63) is 386 Å². The van der Waals surface area contributed by atoms with Crippen molar-refractivity contribution in [2.24, 2.45) is 0 Å². The monoisotopic (exact) mass is 1360 g/mol. The first kappa shape index (κ1) is 61.2. The van der Waals surface area contributed by atoms with Crippen molar-refractivity contribution >= 4 is 132 Å². The molecular weight excluding hydrogens is 1290 g/mol. The lowest BCUT2D eigenvalue weighted by molar-refractivity contribution is 1.18. The Kier molecular flexibility index (Phi) is 15.3. The summed E-state index contributed by atoms with van der Waals surface area (Å²) in [6, 6.07) is 134. The highest BCUT2D eigenvalue weighted by Crippen LogP contribution is 2.42. The number of nitrogens with one attached hydrogen (secondary N) is 1. The summed E-state index contributed by atoms with van der Waals surface area (Å²) in [7, 11) is 0. The van der Waals surface area contributed by atoms with Crippen molar-refractivity contribution in [1.29, 1.82) is 0 Å². The normalized spacial score (nSPS) is 11.6. The van der Waals surface area contributed by atoms with Crippen LogP contribution < -0.4 is 0 Å². The molecule has 0 fully saturated rings. The molecule has 7 heteroatoms. The Morgan fingerprint density at radius 1 is 0.165 bits per heavy atom. The maximum Gasteiger partial charge on any atom is 0.0541 e. The van der Waals surface area contributed by atoms with E-state index < -0.39 is 0 Å². The van der Waals surface area contributed by atoms with E-state index in [0.717, 1.165) is 43.9 Å². The molecule has 5 heterocycles. The van der Waals surface area contributed by atoms with Gasteiger partial charge in [-0.2, -0.15) is 0 Å². The van der Waals surface area contributed by atoms with E-state index in [1.807, 2.05) is 24.3 Å². The zero-order valence-corrected chi connectivity index (χ0v) is 57.4. The highest BCUT2D eigenvalue weighted by atomic mass is 35.5. The Morgan fingerprint density at radius 3 is 0.670 bits per heavy atom. The summed E-state index contributed by atoms with van der Waals surface area (Å²) < 4.78 is 9.49. The predicted molar refractivity (Wildman–Crippen MR) is 438 cm³/mol. The van der Waals surface area contributed by atoms with Crippen LogP contribution in [-0.2, 0) is 0 Å². The number of fused-ring (bicyclic) bond motifs is 15. The van der Waals surface area contributed by atoms with Crippen LogP contribution in [0.5, 0.6) is 0 Å². The molecule has 103 heavy (non-hydrogen) atoms. The highest BCUT2D eigenvalue weighted by Gasteiger charge is 2.19. The van der Waals surface area contributed by atoms with Gasteiger partial charge in [0.25, 0.3) is 0 Å². The number of rotatable bonds is 8. The predicted octanol–water partition coefficient (Wildman–Crippen LogP) is 27.1. The molecule has 486 valence electrons. The van der Waals surface area contributed by atoms with E-state index in [0.29, 0.717) is 0 Å². The Hall–Kier alpha value is -12.9. The Bertz CT molecular complexity index is 6300. The fourth-order valence-electron chi connectivity index (χ4n) is 15.6. The number of hydrogen-bond acceptors (Lipinski definition) is 0. The summed E-state index contributed by atoms with van der Waals surface area (Å²) in [6.07, 6.45) is 0. The second kappa shape index (κ2) is 25.7. The van der Waals surface area contributed by atoms with Gasteiger partial charge in [0.1, 0.15) is 0 Å². The zero-order chi connectivity index (χ0) is 68.5. The van der Waals surface area contributed by atoms with Crippen LogP contribution in [0.2, 0.25) is 10.0 Å². The second-order valence-corrected chi connectivity index (χ2v) is 27.2. The molecule has 0 aliphatic heterocycles. The summed E-state index contributed by atoms with van der Waals surface area (Å²) in [6.45, 7) is 0. The summed E-state index contributed by atoms with van der Waals surface area (Å²) in [5.41, 5.74) is 26.1. The van der Waals surface area contributed by atoms with Crippen molar-refractivity contribution in [3.63, 3.8) is 0 Å². The van der Waals surface area contributed by atoms with E-state index in [9.17, 15) is 0 Å². The molecule has 21 aromatic rings. The summed E-state index contributed by atoms with van der Waals surface area (Å²) in [5.74, 6) is 0. The number of aromatic amines is 1. The quantitative estimate of drug-likeness (QED) is 0.157. The van der Waals surface area contributed by atoms with E-state index in [1.54, 1.807) is 0 Å². The van der Waals surface area contributed by atoms with Crippen LogP contribution in [0.15, 0.2) is 376 Å². The van der Waals surface area contributed by atoms with Gasteiger partial charge in [-0.3, -0.25) is 0 Å². The van der Waals surface area contributed by atoms with Gasteiger partial charge in [-0.15, -0.1) is 0 Å². The van der Waals surface area contributed by atoms with Crippen molar-refractivity contribution in [1.82, 2.24) is 23.3 Å². The van der Waals surface area contributed by atoms with E-state index in [-0.39, 0.29) is 0 Å². The third-order valence-electron chi connectivity index (χ3n) is 20.4. The Labute approximate surface area is 604 Å². The average molecular weight is 1360 g/mol. The van der Waals surface area contributed by atoms with Gasteiger partial charge in [-0.05, 0) is 202 Å². The number of aromatic nitrogens is 5. The lowest BCUT2D eigenvalue weighted by Gasteiger charge is -2.10. The molecule has 0 aliphatic carbocycles. The van der Waals surface area contributed by atoms with Gasteiger partial charge in [0.15, 0.2) is 0 Å². The topological polar surface area (TPSA) is 35.5 Å². The van der Waals surface area contributed by atoms with Crippen LogP contribution in [0.3, 0.4) is 0 Å². The third kappa shape index (κ3) is 10.9. The lowest BCUT2D eigenvalue weighted by Crippen LogP contribution is -1.94. The first-order chi connectivity index (χ1) is 50.9. The second-order valence-electron chi connectivity index (χ2n) is 26.3. The molecule has 0 amide bonds. The molecule has 21 rings (SSSR count). The molecule has 5 aromatic heterocycles. The minimum absolute atomic E-state index is 0.744. The van der Waals surface area contributed by atoms with Crippen LogP contribution >= 0.6 is 23.2 Å². The largest absolute Gasteiger partial charge is 0.355 e. The number of hydrogen-bond donors (Lipinski definition) is 1. The van der Waals surface area contributed by atoms with Crippen molar-refractivity contribution in [2.75, 3.05) is 0 Å². The molecule has 0 atom stereocenters. The summed E-state index contributed by atoms with van der Waals surface area (Å²) in [5, 5.41) is 14.1. The zero-order valence-electron chi connectivity index (χ0n) is 55.8. The van der Waals surface area contributed by atoms with Gasteiger partial charge in [-0.1, -0.05) is 242 Å². The van der Waals surface area contributed by atoms with Crippen molar-refractivity contribution in [3.8, 4) is 67.3 Å². The minimum Gasteiger partial charge on any atom is -0.355 e. The molecule has 0 saturated heterocycles. The van der Waals surface area contributed by atoms with E-state index >= 15 is 0 Å². The van der Waals surface area contributed by atoms with Crippen LogP contribution in [0.25, 0.3) is 176 Å². The molecule has 16 aromatic carbocycles. The van der Waals surface area contributed by atoms with Crippen molar-refractivity contribution in [2.45, 2.75) is 0 Å². The smallest absolute Gasteiger partial charge is 0.0541 e. The van der Waals surface area contributed by atoms with Crippen LogP contribution in [0.1, 0.15) is 0 Å². The van der Waals surface area contributed by atoms with E-state index in [1.165, 1.54) is 142 Å². The van der Waals surface area contributed by atoms with Gasteiger partial charge in [0, 0.05) is 97.7 Å². The first-order valence-electron chi connectivity index (χ1n) is 34.8. The van der Waals surface area contributed by atoms with Gasteiger partial charge >= 0.3 is 0 Å². The number of para-hydroxylation sites is 8. The van der Waals surface area contributed by atoms with Crippen LogP contribution in [0.4, 0.5) is 0 Å². The molecule has 0 unspecified atom stereocenters. The third-order valence-corrected chi connectivity index (χ3v) is 20.9. The maximum absolute atomic E-state index is 6.12. The lowest BCUT2D eigenvalue weighted by atomic mass is 10.00. The minimum atomic E-state index is 0.744. The Morgan fingerprint density at radius 2 is 0.379 bits per heavy atom. The molecular formula is C96H63Cl2N5. The summed E-state index contributed by atoms with van der Waals surface area (Å²) >= 11 is 12.2. The van der Waals surface area contributed by atoms with E-state index in [2.05, 4.69) is 375 Å². The molecule has 0 aliphatic rings. The van der Waals surface area contributed by atoms with Gasteiger partial charge in [0.05, 0.1) is 44.1 Å². The number of halogens is 2. The average Bonchev–Trinajstić information content (AvgIpc) is 1.61. The van der Waals surface area contributed by atoms with Crippen LogP contribution in [-0.4, -0.2) is 23.3 Å². The highest BCUT2D eigenvalue weighted by molar-refractivity contribution is 6.31. The summed E-state index contributed by atoms with van der Waals surface area (Å²) in [4.78, 5) is 3.38. The van der Waals surface area contributed by atoms with Gasteiger partial charge < -0.3 is 23.3 Å². The standard InChI is InChI=1S/C54H35N3.C30H19Cl2N.C12H9N/c1-2-12-40(13-3-1)55-53-32-26-38(36-22-28-41(29-23-36)56-49-18-8-4-14-43(49)44-15-5-9-19-50(44)56)34-47(53)48-35-39(27-33-54(48)55)37-24-30-42(31-25-37)57-51-20-10-6-16-45(51)46-17-7-11-21-52(46)57;31-24-12-6-20(7-13-24)22-10-16-29-27(18-22)28-19-23(21-8-14-25(32)15-9-21)11-17-30(28)33(29)26-4-2-1-3-5-26;1-3-7-11-9(5-1)10-6-2-4-8-12(10)13-11/h1-35H;1-19H;1-8,13H. The fraction of sp³-hybridized carbons (Fsp3) is 0. The number of nitrogens with zero attached hydrogens (tertiary/aromatic N) is 4.